The Morgan fingerprint density at radius 3 is 2.81 bits per heavy atom. The maximum absolute atomic E-state index is 13.0. The molecule has 1 aliphatic rings. The van der Waals surface area contributed by atoms with Gasteiger partial charge in [-0.3, -0.25) is 4.79 Å². The molecule has 0 aliphatic heterocycles. The smallest absolute Gasteiger partial charge is 0.258 e. The first kappa shape index (κ1) is 15.8. The first-order valence-electron chi connectivity index (χ1n) is 7.33. The Labute approximate surface area is 124 Å². The Morgan fingerprint density at radius 1 is 1.48 bits per heavy atom. The molecule has 0 bridgehead atoms. The molecule has 5 heteroatoms. The fourth-order valence-corrected chi connectivity index (χ4v) is 2.67. The number of hydrogen-bond donors (Lipinski definition) is 2. The van der Waals surface area contributed by atoms with E-state index < -0.39 is 11.4 Å². The summed E-state index contributed by atoms with van der Waals surface area (Å²) < 4.78 is 18.3. The van der Waals surface area contributed by atoms with Crippen molar-refractivity contribution in [3.63, 3.8) is 0 Å². The van der Waals surface area contributed by atoms with E-state index in [1.807, 2.05) is 0 Å². The van der Waals surface area contributed by atoms with Crippen molar-refractivity contribution >= 4 is 5.91 Å². The van der Waals surface area contributed by atoms with Crippen LogP contribution in [0.25, 0.3) is 0 Å². The minimum atomic E-state index is -0.533. The van der Waals surface area contributed by atoms with E-state index in [0.29, 0.717) is 11.7 Å². The van der Waals surface area contributed by atoms with E-state index in [1.165, 1.54) is 18.2 Å². The number of ether oxygens (including phenoxy) is 1. The molecule has 0 aromatic heterocycles. The Bertz CT molecular complexity index is 484. The second-order valence-corrected chi connectivity index (χ2v) is 5.92. The highest BCUT2D eigenvalue weighted by molar-refractivity contribution is 5.78. The highest BCUT2D eigenvalue weighted by Gasteiger charge is 2.34. The summed E-state index contributed by atoms with van der Waals surface area (Å²) in [6, 6.07) is 5.68. The number of amides is 1. The molecule has 0 radical (unpaired) electrons. The molecular weight excluding hydrogens is 273 g/mol. The van der Waals surface area contributed by atoms with Crippen LogP contribution in [-0.2, 0) is 4.79 Å². The van der Waals surface area contributed by atoms with Gasteiger partial charge in [-0.25, -0.2) is 4.39 Å². The Kier molecular flexibility index (Phi) is 5.17. The standard InChI is InChI=1S/C16H22FNO3/c1-12-5-7-16(11-19,8-6-12)18-15(20)10-21-14-4-2-3-13(17)9-14/h2-4,9,12,19H,5-8,10-11H2,1H3,(H,18,20). The number of carbonyl (C=O) groups is 1. The van der Waals surface area contributed by atoms with Gasteiger partial charge in [-0.05, 0) is 43.7 Å². The van der Waals surface area contributed by atoms with Crippen molar-refractivity contribution in [1.82, 2.24) is 5.32 Å². The maximum Gasteiger partial charge on any atom is 0.258 e. The summed E-state index contributed by atoms with van der Waals surface area (Å²) in [4.78, 5) is 12.0. The molecule has 0 saturated heterocycles. The maximum atomic E-state index is 13.0. The van der Waals surface area contributed by atoms with Crippen LogP contribution in [0, 0.1) is 11.7 Å². The summed E-state index contributed by atoms with van der Waals surface area (Å²) in [5, 5.41) is 12.5. The van der Waals surface area contributed by atoms with Gasteiger partial charge in [0.1, 0.15) is 11.6 Å². The summed E-state index contributed by atoms with van der Waals surface area (Å²) in [5.74, 6) is 0.259. The first-order chi connectivity index (χ1) is 10.0. The Morgan fingerprint density at radius 2 is 2.19 bits per heavy atom. The summed E-state index contributed by atoms with van der Waals surface area (Å²) >= 11 is 0. The van der Waals surface area contributed by atoms with Crippen LogP contribution in [0.3, 0.4) is 0 Å². The van der Waals surface area contributed by atoms with Crippen molar-refractivity contribution in [1.29, 1.82) is 0 Å². The largest absolute Gasteiger partial charge is 0.484 e. The minimum Gasteiger partial charge on any atom is -0.484 e. The number of aliphatic hydroxyl groups excluding tert-OH is 1. The zero-order valence-electron chi connectivity index (χ0n) is 12.3. The molecule has 0 spiro atoms. The van der Waals surface area contributed by atoms with E-state index in [-0.39, 0.29) is 19.1 Å². The van der Waals surface area contributed by atoms with Crippen molar-refractivity contribution in [3.05, 3.63) is 30.1 Å². The number of rotatable bonds is 5. The van der Waals surface area contributed by atoms with Crippen molar-refractivity contribution in [2.45, 2.75) is 38.1 Å². The van der Waals surface area contributed by atoms with Crippen LogP contribution in [0.4, 0.5) is 4.39 Å². The summed E-state index contributed by atoms with van der Waals surface area (Å²) in [5.41, 5.74) is -0.533. The third-order valence-electron chi connectivity index (χ3n) is 4.10. The van der Waals surface area contributed by atoms with Crippen LogP contribution in [0.15, 0.2) is 24.3 Å². The molecule has 2 rings (SSSR count). The van der Waals surface area contributed by atoms with E-state index >= 15 is 0 Å². The third-order valence-corrected chi connectivity index (χ3v) is 4.10. The molecule has 2 N–H and O–H groups in total. The van der Waals surface area contributed by atoms with E-state index in [4.69, 9.17) is 4.74 Å². The van der Waals surface area contributed by atoms with E-state index in [1.54, 1.807) is 6.07 Å². The monoisotopic (exact) mass is 295 g/mol. The number of halogens is 1. The lowest BCUT2D eigenvalue weighted by atomic mass is 9.77. The molecule has 1 aliphatic carbocycles. The second-order valence-electron chi connectivity index (χ2n) is 5.92. The highest BCUT2D eigenvalue weighted by atomic mass is 19.1. The predicted molar refractivity (Wildman–Crippen MR) is 77.5 cm³/mol. The highest BCUT2D eigenvalue weighted by Crippen LogP contribution is 2.31. The molecule has 116 valence electrons. The molecule has 4 nitrogen and oxygen atoms in total. The van der Waals surface area contributed by atoms with Crippen LogP contribution in [0.5, 0.6) is 5.75 Å². The lowest BCUT2D eigenvalue weighted by Crippen LogP contribution is -2.54. The quantitative estimate of drug-likeness (QED) is 0.876. The van der Waals surface area contributed by atoms with Crippen LogP contribution < -0.4 is 10.1 Å². The average molecular weight is 295 g/mol. The van der Waals surface area contributed by atoms with Crippen LogP contribution in [0.1, 0.15) is 32.6 Å². The molecule has 0 atom stereocenters. The Balaban J connectivity index is 1.86. The van der Waals surface area contributed by atoms with Gasteiger partial charge in [0.05, 0.1) is 12.1 Å². The van der Waals surface area contributed by atoms with Crippen molar-refractivity contribution in [3.8, 4) is 5.75 Å². The van der Waals surface area contributed by atoms with Crippen LogP contribution in [0.2, 0.25) is 0 Å². The molecule has 0 heterocycles. The summed E-state index contributed by atoms with van der Waals surface area (Å²) in [6.45, 7) is 1.93. The van der Waals surface area contributed by atoms with Crippen molar-refractivity contribution in [2.75, 3.05) is 13.2 Å². The van der Waals surface area contributed by atoms with E-state index in [9.17, 15) is 14.3 Å². The van der Waals surface area contributed by atoms with Gasteiger partial charge in [0.15, 0.2) is 6.61 Å². The van der Waals surface area contributed by atoms with Crippen molar-refractivity contribution in [2.24, 2.45) is 5.92 Å². The molecule has 1 aromatic rings. The van der Waals surface area contributed by atoms with E-state index in [0.717, 1.165) is 25.7 Å². The zero-order chi connectivity index (χ0) is 15.3. The van der Waals surface area contributed by atoms with Gasteiger partial charge in [-0.15, -0.1) is 0 Å². The molecule has 1 aromatic carbocycles. The zero-order valence-corrected chi connectivity index (χ0v) is 12.3. The first-order valence-corrected chi connectivity index (χ1v) is 7.33. The van der Waals surface area contributed by atoms with Gasteiger partial charge in [0, 0.05) is 6.07 Å². The number of nitrogens with one attached hydrogen (secondary N) is 1. The van der Waals surface area contributed by atoms with Crippen LogP contribution in [-0.4, -0.2) is 29.8 Å². The summed E-state index contributed by atoms with van der Waals surface area (Å²) in [6.07, 6.45) is 3.53. The number of aliphatic hydroxyl groups is 1. The molecule has 1 fully saturated rings. The van der Waals surface area contributed by atoms with Gasteiger partial charge < -0.3 is 15.2 Å². The summed E-state index contributed by atoms with van der Waals surface area (Å²) in [7, 11) is 0. The third kappa shape index (κ3) is 4.43. The number of benzene rings is 1. The van der Waals surface area contributed by atoms with Crippen molar-refractivity contribution < 1.29 is 19.0 Å². The lowest BCUT2D eigenvalue weighted by molar-refractivity contribution is -0.126. The number of hydrogen-bond acceptors (Lipinski definition) is 3. The van der Waals surface area contributed by atoms with Crippen LogP contribution >= 0.6 is 0 Å². The van der Waals surface area contributed by atoms with Gasteiger partial charge >= 0.3 is 0 Å². The topological polar surface area (TPSA) is 58.6 Å². The van der Waals surface area contributed by atoms with Gasteiger partial charge in [0.25, 0.3) is 5.91 Å². The molecule has 21 heavy (non-hydrogen) atoms. The van der Waals surface area contributed by atoms with Gasteiger partial charge in [-0.1, -0.05) is 13.0 Å². The Hall–Kier alpha value is -1.62. The molecule has 1 saturated carbocycles. The normalized spacial score (nSPS) is 25.4. The SMILES string of the molecule is CC1CCC(CO)(NC(=O)COc2cccc(F)c2)CC1. The fraction of sp³-hybridized carbons (Fsp3) is 0.562. The second kappa shape index (κ2) is 6.89. The molecule has 1 amide bonds. The molecular formula is C16H22FNO3. The number of carbonyl (C=O) groups excluding carboxylic acids is 1. The molecule has 0 unspecified atom stereocenters. The van der Waals surface area contributed by atoms with E-state index in [2.05, 4.69) is 12.2 Å². The van der Waals surface area contributed by atoms with Gasteiger partial charge in [-0.2, -0.15) is 0 Å². The average Bonchev–Trinajstić information content (AvgIpc) is 2.48. The fourth-order valence-electron chi connectivity index (χ4n) is 2.67. The van der Waals surface area contributed by atoms with Gasteiger partial charge in [0.2, 0.25) is 0 Å². The lowest BCUT2D eigenvalue weighted by Gasteiger charge is -2.38. The minimum absolute atomic E-state index is 0.0641. The predicted octanol–water partition coefficient (Wildman–Crippen LogP) is 2.26.